The molecule has 2 fully saturated rings. The van der Waals surface area contributed by atoms with Gasteiger partial charge in [0, 0.05) is 36.3 Å². The molecular weight excluding hydrogens is 384 g/mol. The van der Waals surface area contributed by atoms with Crippen LogP contribution in [0.25, 0.3) is 6.08 Å². The van der Waals surface area contributed by atoms with Gasteiger partial charge in [-0.25, -0.2) is 0 Å². The van der Waals surface area contributed by atoms with Crippen molar-refractivity contribution in [3.8, 4) is 5.75 Å². The Labute approximate surface area is 186 Å². The lowest BCUT2D eigenvalue weighted by atomic mass is 9.61. The second-order valence-electron chi connectivity index (χ2n) is 9.84. The van der Waals surface area contributed by atoms with Crippen molar-refractivity contribution in [1.82, 2.24) is 9.80 Å². The Kier molecular flexibility index (Phi) is 5.21. The molecule has 2 bridgehead atoms. The van der Waals surface area contributed by atoms with Crippen LogP contribution in [0.3, 0.4) is 0 Å². The summed E-state index contributed by atoms with van der Waals surface area (Å²) in [6.45, 7) is 9.32. The van der Waals surface area contributed by atoms with Gasteiger partial charge in [0.2, 0.25) is 0 Å². The zero-order valence-electron chi connectivity index (χ0n) is 19.0. The van der Waals surface area contributed by atoms with Crippen molar-refractivity contribution < 1.29 is 9.15 Å². The fraction of sp³-hybridized carbons (Fsp3) is 0.481. The normalized spacial score (nSPS) is 27.8. The third kappa shape index (κ3) is 3.71. The Bertz CT molecular complexity index is 975. The lowest BCUT2D eigenvalue weighted by molar-refractivity contribution is 0.00175. The number of fused-ring (bicyclic) bond motifs is 4. The molecule has 0 N–H and O–H groups in total. The van der Waals surface area contributed by atoms with E-state index in [-0.39, 0.29) is 5.41 Å². The third-order valence-corrected chi connectivity index (χ3v) is 7.84. The molecule has 2 aliphatic carbocycles. The molecule has 2 aromatic rings. The molecule has 31 heavy (non-hydrogen) atoms. The minimum Gasteiger partial charge on any atom is -0.497 e. The minimum atomic E-state index is 0.0635. The Morgan fingerprint density at radius 1 is 1.35 bits per heavy atom. The highest BCUT2D eigenvalue weighted by Gasteiger charge is 2.53. The average Bonchev–Trinajstić information content (AvgIpc) is 3.44. The number of piperidine rings is 1. The Morgan fingerprint density at radius 3 is 2.90 bits per heavy atom. The summed E-state index contributed by atoms with van der Waals surface area (Å²) in [5, 5.41) is 0. The Hall–Kier alpha value is -2.46. The van der Waals surface area contributed by atoms with Gasteiger partial charge in [-0.2, -0.15) is 0 Å². The lowest BCUT2D eigenvalue weighted by Gasteiger charge is -2.58. The molecule has 3 aliphatic rings. The molecule has 1 saturated heterocycles. The van der Waals surface area contributed by atoms with Gasteiger partial charge in [0.1, 0.15) is 5.75 Å². The largest absolute Gasteiger partial charge is 0.497 e. The molecule has 4 heteroatoms. The van der Waals surface area contributed by atoms with Gasteiger partial charge in [0.25, 0.3) is 0 Å². The molecular formula is C27H34N2O2. The van der Waals surface area contributed by atoms with Gasteiger partial charge in [0.05, 0.1) is 25.7 Å². The number of ether oxygens (including phenoxy) is 1. The summed E-state index contributed by atoms with van der Waals surface area (Å²) in [5.41, 5.74) is 5.11. The van der Waals surface area contributed by atoms with Crippen molar-refractivity contribution in [2.24, 2.45) is 5.92 Å². The maximum absolute atomic E-state index is 5.61. The summed E-state index contributed by atoms with van der Waals surface area (Å²) in [7, 11) is 3.99. The topological polar surface area (TPSA) is 28.9 Å². The van der Waals surface area contributed by atoms with Crippen molar-refractivity contribution >= 4 is 6.08 Å². The van der Waals surface area contributed by atoms with Crippen LogP contribution in [0, 0.1) is 5.92 Å². The number of hydrogen-bond donors (Lipinski definition) is 0. The second-order valence-corrected chi connectivity index (χ2v) is 9.84. The Balaban J connectivity index is 1.50. The molecule has 5 rings (SSSR count). The van der Waals surface area contributed by atoms with Crippen molar-refractivity contribution in [3.63, 3.8) is 0 Å². The molecule has 0 amide bonds. The van der Waals surface area contributed by atoms with Crippen LogP contribution in [0.5, 0.6) is 5.75 Å². The van der Waals surface area contributed by atoms with Crippen LogP contribution in [-0.4, -0.2) is 49.1 Å². The predicted molar refractivity (Wildman–Crippen MR) is 125 cm³/mol. The highest BCUT2D eigenvalue weighted by molar-refractivity contribution is 5.51. The molecule has 164 valence electrons. The van der Waals surface area contributed by atoms with Gasteiger partial charge < -0.3 is 14.1 Å². The van der Waals surface area contributed by atoms with Crippen molar-refractivity contribution in [2.45, 2.75) is 50.1 Å². The first-order chi connectivity index (χ1) is 15.0. The molecule has 4 nitrogen and oxygen atoms in total. The minimum absolute atomic E-state index is 0.0635. The van der Waals surface area contributed by atoms with Crippen LogP contribution in [0.2, 0.25) is 0 Å². The van der Waals surface area contributed by atoms with Crippen LogP contribution in [0.15, 0.2) is 59.6 Å². The highest BCUT2D eigenvalue weighted by atomic mass is 16.5. The molecule has 1 saturated carbocycles. The number of allylic oxidation sites excluding steroid dienone is 1. The monoisotopic (exact) mass is 418 g/mol. The number of furan rings is 1. The van der Waals surface area contributed by atoms with E-state index in [1.165, 1.54) is 37.1 Å². The molecule has 1 unspecified atom stereocenters. The molecule has 1 aromatic carbocycles. The molecule has 1 aromatic heterocycles. The van der Waals surface area contributed by atoms with E-state index in [4.69, 9.17) is 9.15 Å². The van der Waals surface area contributed by atoms with Gasteiger partial charge in [-0.15, -0.1) is 0 Å². The van der Waals surface area contributed by atoms with E-state index < -0.39 is 0 Å². The van der Waals surface area contributed by atoms with Gasteiger partial charge in [-0.1, -0.05) is 19.6 Å². The van der Waals surface area contributed by atoms with Crippen molar-refractivity contribution in [2.75, 3.05) is 27.2 Å². The van der Waals surface area contributed by atoms with Gasteiger partial charge in [-0.3, -0.25) is 4.90 Å². The zero-order chi connectivity index (χ0) is 21.6. The van der Waals surface area contributed by atoms with Gasteiger partial charge in [-0.05, 0) is 79.6 Å². The standard InChI is InChI=1S/C27H34N2O2/c1-19(5-6-21-11-14-31-18-21)28(3)26-25-15-22-9-10-23(30-4)16-24(22)27(26,2)12-13-29(25)17-20-7-8-20/h5-6,9-11,14,16,18,20,25-26H,1,7-8,12-13,15,17H2,2-4H3/b6-5+/t25?,26-,27+/m0/s1. The number of rotatable bonds is 7. The van der Waals surface area contributed by atoms with Gasteiger partial charge >= 0.3 is 0 Å². The number of likely N-dealkylation sites (N-methyl/N-ethyl adjacent to an activating group) is 1. The molecule has 1 aliphatic heterocycles. The van der Waals surface area contributed by atoms with Gasteiger partial charge in [0.15, 0.2) is 0 Å². The maximum Gasteiger partial charge on any atom is 0.119 e. The first-order valence-electron chi connectivity index (χ1n) is 11.5. The maximum atomic E-state index is 5.61. The van der Waals surface area contributed by atoms with Crippen LogP contribution in [0.1, 0.15) is 42.9 Å². The van der Waals surface area contributed by atoms with Crippen LogP contribution in [-0.2, 0) is 11.8 Å². The summed E-state index contributed by atoms with van der Waals surface area (Å²) < 4.78 is 10.8. The first-order valence-corrected chi connectivity index (χ1v) is 11.5. The summed E-state index contributed by atoms with van der Waals surface area (Å²) >= 11 is 0. The summed E-state index contributed by atoms with van der Waals surface area (Å²) in [4.78, 5) is 5.21. The molecule has 0 radical (unpaired) electrons. The number of likely N-dealkylation sites (tertiary alicyclic amines) is 1. The lowest BCUT2D eigenvalue weighted by Crippen LogP contribution is -2.67. The molecule has 0 spiro atoms. The van der Waals surface area contributed by atoms with E-state index >= 15 is 0 Å². The zero-order valence-corrected chi connectivity index (χ0v) is 19.0. The van der Waals surface area contributed by atoms with Crippen LogP contribution < -0.4 is 4.74 Å². The average molecular weight is 419 g/mol. The molecule has 2 heterocycles. The predicted octanol–water partition coefficient (Wildman–Crippen LogP) is 5.11. The van der Waals surface area contributed by atoms with E-state index in [1.807, 2.05) is 6.07 Å². The van der Waals surface area contributed by atoms with E-state index in [0.29, 0.717) is 12.1 Å². The third-order valence-electron chi connectivity index (χ3n) is 7.84. The van der Waals surface area contributed by atoms with Crippen LogP contribution >= 0.6 is 0 Å². The van der Waals surface area contributed by atoms with Crippen molar-refractivity contribution in [1.29, 1.82) is 0 Å². The Morgan fingerprint density at radius 2 is 2.19 bits per heavy atom. The summed E-state index contributed by atoms with van der Waals surface area (Å²) in [5.74, 6) is 1.86. The van der Waals surface area contributed by atoms with E-state index in [1.54, 1.807) is 19.6 Å². The fourth-order valence-corrected chi connectivity index (χ4v) is 5.87. The second kappa shape index (κ2) is 7.90. The highest BCUT2D eigenvalue weighted by Crippen LogP contribution is 2.49. The van der Waals surface area contributed by atoms with E-state index in [9.17, 15) is 0 Å². The number of hydrogen-bond acceptors (Lipinski definition) is 4. The number of nitrogens with zero attached hydrogens (tertiary/aromatic N) is 2. The summed E-state index contributed by atoms with van der Waals surface area (Å²) in [6.07, 6.45) is 12.7. The van der Waals surface area contributed by atoms with Crippen LogP contribution in [0.4, 0.5) is 0 Å². The van der Waals surface area contributed by atoms with E-state index in [0.717, 1.165) is 35.8 Å². The fourth-order valence-electron chi connectivity index (χ4n) is 5.87. The smallest absolute Gasteiger partial charge is 0.119 e. The quantitative estimate of drug-likeness (QED) is 0.584. The summed E-state index contributed by atoms with van der Waals surface area (Å²) in [6, 6.07) is 9.56. The number of methoxy groups -OCH3 is 1. The van der Waals surface area contributed by atoms with E-state index in [2.05, 4.69) is 60.7 Å². The van der Waals surface area contributed by atoms with Crippen molar-refractivity contribution in [3.05, 3.63) is 71.8 Å². The first kappa shape index (κ1) is 20.4. The SMILES string of the molecule is C=C(/C=C/c1ccoc1)N(C)[C@H]1C2Cc3ccc(OC)cc3[C@@]1(C)CCN2CC1CC1. The molecule has 3 atom stereocenters. The number of benzene rings is 1.